The molecule has 0 unspecified atom stereocenters. The molecule has 0 aliphatic heterocycles. The Kier molecular flexibility index (Phi) is 7.62. The molecule has 2 rings (SSSR count). The maximum Gasteiger partial charge on any atom is 0.127 e. The molecule has 1 N–H and O–H groups in total. The van der Waals surface area contributed by atoms with Crippen LogP contribution in [0.5, 0.6) is 5.75 Å². The van der Waals surface area contributed by atoms with Crippen molar-refractivity contribution in [3.63, 3.8) is 0 Å². The third-order valence-electron chi connectivity index (χ3n) is 3.28. The number of rotatable bonds is 5. The Hall–Kier alpha value is -1.74. The summed E-state index contributed by atoms with van der Waals surface area (Å²) in [7, 11) is 1.96. The predicted octanol–water partition coefficient (Wildman–Crippen LogP) is 4.14. The van der Waals surface area contributed by atoms with Crippen molar-refractivity contribution < 1.29 is 9.84 Å². The zero-order valence-corrected chi connectivity index (χ0v) is 13.6. The van der Waals surface area contributed by atoms with Crippen molar-refractivity contribution in [2.24, 2.45) is 0 Å². The van der Waals surface area contributed by atoms with E-state index >= 15 is 0 Å². The molecule has 0 saturated heterocycles. The average Bonchev–Trinajstić information content (AvgIpc) is 2.52. The van der Waals surface area contributed by atoms with Crippen LogP contribution in [0.1, 0.15) is 33.6 Å². The summed E-state index contributed by atoms with van der Waals surface area (Å²) in [6.07, 6.45) is 6.20. The van der Waals surface area contributed by atoms with Crippen LogP contribution in [0, 0.1) is 0 Å². The maximum atomic E-state index is 8.91. The van der Waals surface area contributed by atoms with Gasteiger partial charge in [0.1, 0.15) is 11.5 Å². The van der Waals surface area contributed by atoms with Crippen LogP contribution in [0.3, 0.4) is 0 Å². The first-order chi connectivity index (χ1) is 10.2. The summed E-state index contributed by atoms with van der Waals surface area (Å²) in [4.78, 5) is 2.01. The number of ether oxygens (including phenoxy) is 1. The van der Waals surface area contributed by atoms with E-state index < -0.39 is 0 Å². The van der Waals surface area contributed by atoms with Crippen molar-refractivity contribution in [2.75, 3.05) is 25.1 Å². The smallest absolute Gasteiger partial charge is 0.127 e. The molecule has 0 heterocycles. The van der Waals surface area contributed by atoms with E-state index in [2.05, 4.69) is 13.0 Å². The fraction of sp³-hybridized carbons (Fsp3) is 0.444. The van der Waals surface area contributed by atoms with Gasteiger partial charge in [-0.2, -0.15) is 0 Å². The SMILES string of the molecule is CC.CC1=CC=C(Oc2ccc(N(C)CCO)cc2)CC1. The second kappa shape index (κ2) is 9.24. The lowest BCUT2D eigenvalue weighted by Crippen LogP contribution is -2.20. The summed E-state index contributed by atoms with van der Waals surface area (Å²) in [6, 6.07) is 7.95. The molecule has 0 radical (unpaired) electrons. The number of nitrogens with zero attached hydrogens (tertiary/aromatic N) is 1. The van der Waals surface area contributed by atoms with Gasteiger partial charge in [0.05, 0.1) is 6.61 Å². The lowest BCUT2D eigenvalue weighted by atomic mass is 10.1. The number of likely N-dealkylation sites (N-methyl/N-ethyl adjacent to an activating group) is 1. The first-order valence-corrected chi connectivity index (χ1v) is 7.65. The second-order valence-electron chi connectivity index (χ2n) is 4.89. The highest BCUT2D eigenvalue weighted by Gasteiger charge is 2.06. The predicted molar refractivity (Wildman–Crippen MR) is 89.8 cm³/mol. The number of benzene rings is 1. The van der Waals surface area contributed by atoms with E-state index in [0.717, 1.165) is 30.0 Å². The quantitative estimate of drug-likeness (QED) is 0.884. The lowest BCUT2D eigenvalue weighted by Gasteiger charge is -2.18. The molecule has 21 heavy (non-hydrogen) atoms. The molecule has 3 heteroatoms. The van der Waals surface area contributed by atoms with Crippen molar-refractivity contribution in [1.82, 2.24) is 0 Å². The molecule has 1 aliphatic rings. The minimum Gasteiger partial charge on any atom is -0.462 e. The van der Waals surface area contributed by atoms with Gasteiger partial charge < -0.3 is 14.7 Å². The summed E-state index contributed by atoms with van der Waals surface area (Å²) >= 11 is 0. The van der Waals surface area contributed by atoms with Crippen LogP contribution >= 0.6 is 0 Å². The summed E-state index contributed by atoms with van der Waals surface area (Å²) < 4.78 is 5.85. The van der Waals surface area contributed by atoms with Crippen molar-refractivity contribution >= 4 is 5.69 Å². The second-order valence-corrected chi connectivity index (χ2v) is 4.89. The van der Waals surface area contributed by atoms with Gasteiger partial charge >= 0.3 is 0 Å². The number of hydrogen-bond acceptors (Lipinski definition) is 3. The topological polar surface area (TPSA) is 32.7 Å². The molecule has 116 valence electrons. The normalized spacial score (nSPS) is 13.6. The highest BCUT2D eigenvalue weighted by Crippen LogP contribution is 2.24. The third kappa shape index (κ3) is 5.64. The number of anilines is 1. The Morgan fingerprint density at radius 1 is 1.10 bits per heavy atom. The van der Waals surface area contributed by atoms with Crippen molar-refractivity contribution in [2.45, 2.75) is 33.6 Å². The molecule has 1 aromatic rings. The molecule has 0 atom stereocenters. The standard InChI is InChI=1S/C16H21NO2.C2H6/c1-13-3-7-15(8-4-13)19-16-9-5-14(6-10-16)17(2)11-12-18;1-2/h3,5-7,9-10,18H,4,8,11-12H2,1-2H3;1-2H3. The molecule has 3 nitrogen and oxygen atoms in total. The van der Waals surface area contributed by atoms with Gasteiger partial charge in [-0.15, -0.1) is 0 Å². The lowest BCUT2D eigenvalue weighted by molar-refractivity contribution is 0.304. The average molecular weight is 289 g/mol. The van der Waals surface area contributed by atoms with Crippen molar-refractivity contribution in [3.05, 3.63) is 47.7 Å². The van der Waals surface area contributed by atoms with E-state index in [1.807, 2.05) is 56.1 Å². The monoisotopic (exact) mass is 289 g/mol. The zero-order valence-electron chi connectivity index (χ0n) is 13.6. The van der Waals surface area contributed by atoms with Crippen LogP contribution in [-0.2, 0) is 0 Å². The van der Waals surface area contributed by atoms with Gasteiger partial charge in [0.2, 0.25) is 0 Å². The fourth-order valence-corrected chi connectivity index (χ4v) is 2.01. The van der Waals surface area contributed by atoms with Crippen LogP contribution in [0.25, 0.3) is 0 Å². The molecule has 0 saturated carbocycles. The molecule has 1 aliphatic carbocycles. The highest BCUT2D eigenvalue weighted by molar-refractivity contribution is 5.48. The Balaban J connectivity index is 0.00000106. The summed E-state index contributed by atoms with van der Waals surface area (Å²) in [6.45, 7) is 6.93. The van der Waals surface area contributed by atoms with Gasteiger partial charge in [0.15, 0.2) is 0 Å². The van der Waals surface area contributed by atoms with E-state index in [-0.39, 0.29) is 6.61 Å². The van der Waals surface area contributed by atoms with Gasteiger partial charge in [-0.05, 0) is 43.7 Å². The Morgan fingerprint density at radius 2 is 1.76 bits per heavy atom. The number of aliphatic hydroxyl groups is 1. The summed E-state index contributed by atoms with van der Waals surface area (Å²) in [5.74, 6) is 1.88. The maximum absolute atomic E-state index is 8.91. The fourth-order valence-electron chi connectivity index (χ4n) is 2.01. The number of hydrogen-bond donors (Lipinski definition) is 1. The molecular formula is C18H27NO2. The Labute approximate surface area is 128 Å². The van der Waals surface area contributed by atoms with Crippen molar-refractivity contribution in [3.8, 4) is 5.75 Å². The van der Waals surface area contributed by atoms with E-state index in [1.54, 1.807) is 0 Å². The van der Waals surface area contributed by atoms with Gasteiger partial charge in [0.25, 0.3) is 0 Å². The largest absolute Gasteiger partial charge is 0.462 e. The van der Waals surface area contributed by atoms with Crippen LogP contribution in [-0.4, -0.2) is 25.3 Å². The molecule has 0 amide bonds. The molecule has 0 fully saturated rings. The molecule has 0 bridgehead atoms. The van der Waals surface area contributed by atoms with Crippen molar-refractivity contribution in [1.29, 1.82) is 0 Å². The van der Waals surface area contributed by atoms with Crippen LogP contribution < -0.4 is 9.64 Å². The van der Waals surface area contributed by atoms with Gasteiger partial charge in [-0.25, -0.2) is 0 Å². The zero-order chi connectivity index (χ0) is 15.7. The first kappa shape index (κ1) is 17.3. The third-order valence-corrected chi connectivity index (χ3v) is 3.28. The minimum absolute atomic E-state index is 0.160. The molecule has 0 aromatic heterocycles. The number of allylic oxidation sites excluding steroid dienone is 4. The van der Waals surface area contributed by atoms with Gasteiger partial charge in [0, 0.05) is 25.7 Å². The van der Waals surface area contributed by atoms with E-state index in [0.29, 0.717) is 6.54 Å². The van der Waals surface area contributed by atoms with Crippen LogP contribution in [0.4, 0.5) is 5.69 Å². The molecule has 0 spiro atoms. The summed E-state index contributed by atoms with van der Waals surface area (Å²) in [5, 5.41) is 8.91. The highest BCUT2D eigenvalue weighted by atomic mass is 16.5. The molecular weight excluding hydrogens is 262 g/mol. The van der Waals surface area contributed by atoms with E-state index in [4.69, 9.17) is 9.84 Å². The first-order valence-electron chi connectivity index (χ1n) is 7.65. The number of aliphatic hydroxyl groups excluding tert-OH is 1. The van der Waals surface area contributed by atoms with E-state index in [9.17, 15) is 0 Å². The Morgan fingerprint density at radius 3 is 2.29 bits per heavy atom. The Bertz CT molecular complexity index is 474. The minimum atomic E-state index is 0.160. The van der Waals surface area contributed by atoms with E-state index in [1.165, 1.54) is 5.57 Å². The van der Waals surface area contributed by atoms with Crippen LogP contribution in [0.2, 0.25) is 0 Å². The van der Waals surface area contributed by atoms with Gasteiger partial charge in [-0.3, -0.25) is 0 Å². The summed E-state index contributed by atoms with van der Waals surface area (Å²) in [5.41, 5.74) is 2.48. The van der Waals surface area contributed by atoms with Gasteiger partial charge in [-0.1, -0.05) is 25.5 Å². The van der Waals surface area contributed by atoms with Crippen LogP contribution in [0.15, 0.2) is 47.7 Å². The molecule has 1 aromatic carbocycles.